The molecule has 0 saturated carbocycles. The Balaban J connectivity index is 5.21. The maximum absolute atomic E-state index is 13.2. The summed E-state index contributed by atoms with van der Waals surface area (Å²) in [7, 11) is -9.93. The summed E-state index contributed by atoms with van der Waals surface area (Å²) >= 11 is 0. The number of ether oxygens (including phenoxy) is 4. The van der Waals surface area contributed by atoms with Gasteiger partial charge in [0.25, 0.3) is 0 Å². The van der Waals surface area contributed by atoms with E-state index in [1.54, 1.807) is 0 Å². The highest BCUT2D eigenvalue weighted by molar-refractivity contribution is 7.47. The molecule has 0 aliphatic carbocycles. The molecule has 0 heterocycles. The van der Waals surface area contributed by atoms with Crippen LogP contribution in [0.3, 0.4) is 0 Å². The number of phosphoric ester groups is 2. The normalized spacial score (nSPS) is 13.8. The number of unbranched alkanes of at least 4 members (excludes halogenated alkanes) is 56. The van der Waals surface area contributed by atoms with Crippen molar-refractivity contribution in [3.63, 3.8) is 0 Å². The number of phosphoric acid groups is 2. The molecule has 3 N–H and O–H groups in total. The number of rotatable bonds is 86. The third-order valence-electron chi connectivity index (χ3n) is 20.5. The number of aliphatic hydroxyl groups is 1. The van der Waals surface area contributed by atoms with Gasteiger partial charge in [-0.15, -0.1) is 0 Å². The Morgan fingerprint density at radius 3 is 0.642 bits per heavy atom. The van der Waals surface area contributed by atoms with Gasteiger partial charge in [0.1, 0.15) is 19.3 Å². The average molecular weight is 1550 g/mol. The predicted molar refractivity (Wildman–Crippen MR) is 437 cm³/mol. The Labute approximate surface area is 651 Å². The van der Waals surface area contributed by atoms with Crippen LogP contribution >= 0.6 is 15.6 Å². The van der Waals surface area contributed by atoms with E-state index in [0.717, 1.165) is 102 Å². The van der Waals surface area contributed by atoms with Crippen LogP contribution in [-0.2, 0) is 65.4 Å². The standard InChI is InChI=1S/C87H170O17P2/c1-7-9-11-13-15-17-19-21-22-23-24-25-26-30-33-37-40-44-51-57-63-69-84(89)97-75-82(103-87(92)72-66-60-54-46-42-38-34-31-28-27-29-32-36-39-43-49-55-61-67-79(3)4)77-101-105(93,94)99-73-81(88)74-100-106(95,96)102-78-83(76-98-85(90)70-64-58-52-48-47-50-56-62-68-80(5)6)104-86(91)71-65-59-53-45-41-35-20-18-16-14-12-10-8-2/h79-83,88H,7-78H2,1-6H3,(H,93,94)(H,95,96)/t81-,82-,83-/m1/s1. The molecule has 0 aliphatic heterocycles. The Morgan fingerprint density at radius 1 is 0.255 bits per heavy atom. The molecule has 0 aliphatic rings. The Bertz CT molecular complexity index is 2030. The van der Waals surface area contributed by atoms with Gasteiger partial charge in [-0.25, -0.2) is 9.13 Å². The zero-order valence-electron chi connectivity index (χ0n) is 69.7. The van der Waals surface area contributed by atoms with Gasteiger partial charge in [0.05, 0.1) is 26.4 Å². The van der Waals surface area contributed by atoms with Crippen LogP contribution in [-0.4, -0.2) is 96.7 Å². The van der Waals surface area contributed by atoms with E-state index in [1.165, 1.54) is 283 Å². The fourth-order valence-corrected chi connectivity index (χ4v) is 15.2. The van der Waals surface area contributed by atoms with Gasteiger partial charge in [-0.1, -0.05) is 414 Å². The molecule has 0 spiro atoms. The highest BCUT2D eigenvalue weighted by atomic mass is 31.2. The monoisotopic (exact) mass is 1550 g/mol. The number of hydrogen-bond donors (Lipinski definition) is 3. The second kappa shape index (κ2) is 78.3. The van der Waals surface area contributed by atoms with Crippen LogP contribution in [0.15, 0.2) is 0 Å². The van der Waals surface area contributed by atoms with Crippen LogP contribution in [0, 0.1) is 11.8 Å². The Kier molecular flexibility index (Phi) is 76.9. The molecule has 0 amide bonds. The van der Waals surface area contributed by atoms with Crippen molar-refractivity contribution in [2.75, 3.05) is 39.6 Å². The second-order valence-electron chi connectivity index (χ2n) is 32.2. The third kappa shape index (κ3) is 80.1. The topological polar surface area (TPSA) is 237 Å². The first-order valence-corrected chi connectivity index (χ1v) is 48.0. The lowest BCUT2D eigenvalue weighted by Crippen LogP contribution is -2.30. The molecule has 630 valence electrons. The predicted octanol–water partition coefficient (Wildman–Crippen LogP) is 26.6. The van der Waals surface area contributed by atoms with Gasteiger partial charge in [0, 0.05) is 25.7 Å². The van der Waals surface area contributed by atoms with Gasteiger partial charge >= 0.3 is 39.5 Å². The van der Waals surface area contributed by atoms with E-state index in [1.807, 2.05) is 0 Å². The molecule has 17 nitrogen and oxygen atoms in total. The molecule has 2 unspecified atom stereocenters. The van der Waals surface area contributed by atoms with E-state index in [-0.39, 0.29) is 25.7 Å². The Hall–Kier alpha value is -1.94. The van der Waals surface area contributed by atoms with Gasteiger partial charge in [-0.3, -0.25) is 37.3 Å². The Morgan fingerprint density at radius 2 is 0.434 bits per heavy atom. The number of carbonyl (C=O) groups is 4. The summed E-state index contributed by atoms with van der Waals surface area (Å²) in [6, 6.07) is 0. The third-order valence-corrected chi connectivity index (χ3v) is 22.4. The maximum atomic E-state index is 13.2. The molecule has 19 heteroatoms. The molecular formula is C87H170O17P2. The molecule has 106 heavy (non-hydrogen) atoms. The van der Waals surface area contributed by atoms with E-state index in [4.69, 9.17) is 37.0 Å². The molecule has 0 aromatic heterocycles. The van der Waals surface area contributed by atoms with Crippen molar-refractivity contribution in [1.29, 1.82) is 0 Å². The minimum Gasteiger partial charge on any atom is -0.462 e. The summed E-state index contributed by atoms with van der Waals surface area (Å²) in [6.45, 7) is 9.67. The molecule has 0 radical (unpaired) electrons. The SMILES string of the molecule is CCCCCCCCCCCCCCCCCCCCCCCC(=O)OC[C@H](COP(=O)(O)OC[C@@H](O)COP(=O)(O)OC[C@@H](COC(=O)CCCCCCCCCCC(C)C)OC(=O)CCCCCCCCCCCCCCC)OC(=O)CCCCCCCCCCCCCCCCCCCCC(C)C. The number of esters is 4. The van der Waals surface area contributed by atoms with E-state index >= 15 is 0 Å². The van der Waals surface area contributed by atoms with E-state index in [2.05, 4.69) is 41.5 Å². The second-order valence-corrected chi connectivity index (χ2v) is 35.1. The zero-order valence-corrected chi connectivity index (χ0v) is 71.5. The highest BCUT2D eigenvalue weighted by Gasteiger charge is 2.30. The molecule has 0 aromatic rings. The van der Waals surface area contributed by atoms with Crippen molar-refractivity contribution in [3.05, 3.63) is 0 Å². The van der Waals surface area contributed by atoms with Crippen LogP contribution in [0.2, 0.25) is 0 Å². The van der Waals surface area contributed by atoms with Gasteiger partial charge in [-0.2, -0.15) is 0 Å². The van der Waals surface area contributed by atoms with Crippen LogP contribution in [0.5, 0.6) is 0 Å². The lowest BCUT2D eigenvalue weighted by molar-refractivity contribution is -0.161. The van der Waals surface area contributed by atoms with Crippen molar-refractivity contribution < 1.29 is 80.2 Å². The van der Waals surface area contributed by atoms with Crippen LogP contribution in [0.4, 0.5) is 0 Å². The fourth-order valence-electron chi connectivity index (χ4n) is 13.6. The fraction of sp³-hybridized carbons (Fsp3) is 0.954. The van der Waals surface area contributed by atoms with Crippen molar-refractivity contribution in [3.8, 4) is 0 Å². The van der Waals surface area contributed by atoms with Crippen LogP contribution < -0.4 is 0 Å². The van der Waals surface area contributed by atoms with Gasteiger partial charge in [-0.05, 0) is 37.5 Å². The van der Waals surface area contributed by atoms with Crippen LogP contribution in [0.25, 0.3) is 0 Å². The number of aliphatic hydroxyl groups excluding tert-OH is 1. The van der Waals surface area contributed by atoms with Crippen molar-refractivity contribution in [2.45, 2.75) is 484 Å². The van der Waals surface area contributed by atoms with Gasteiger partial charge in [0.15, 0.2) is 12.2 Å². The molecule has 0 bridgehead atoms. The number of carbonyl (C=O) groups excluding carboxylic acids is 4. The first-order chi connectivity index (χ1) is 51.4. The minimum atomic E-state index is -4.97. The van der Waals surface area contributed by atoms with Crippen LogP contribution in [0.1, 0.15) is 465 Å². The smallest absolute Gasteiger partial charge is 0.462 e. The van der Waals surface area contributed by atoms with E-state index in [0.29, 0.717) is 25.7 Å². The summed E-state index contributed by atoms with van der Waals surface area (Å²) in [5.74, 6) is -0.555. The molecular weight excluding hydrogens is 1380 g/mol. The first-order valence-electron chi connectivity index (χ1n) is 45.0. The first kappa shape index (κ1) is 104. The summed E-state index contributed by atoms with van der Waals surface area (Å²) in [5, 5.41) is 10.7. The lowest BCUT2D eigenvalue weighted by atomic mass is 10.0. The molecule has 0 fully saturated rings. The van der Waals surface area contributed by atoms with Gasteiger partial charge in [0.2, 0.25) is 0 Å². The average Bonchev–Trinajstić information content (AvgIpc) is 0.903. The van der Waals surface area contributed by atoms with E-state index in [9.17, 15) is 43.2 Å². The quantitative estimate of drug-likeness (QED) is 0.0222. The maximum Gasteiger partial charge on any atom is 0.472 e. The minimum absolute atomic E-state index is 0.107. The highest BCUT2D eigenvalue weighted by Crippen LogP contribution is 2.45. The molecule has 5 atom stereocenters. The summed E-state index contributed by atoms with van der Waals surface area (Å²) in [6.07, 6.45) is 71.0. The summed E-state index contributed by atoms with van der Waals surface area (Å²) in [4.78, 5) is 73.2. The van der Waals surface area contributed by atoms with Crippen molar-refractivity contribution in [1.82, 2.24) is 0 Å². The molecule has 0 saturated heterocycles. The van der Waals surface area contributed by atoms with E-state index < -0.39 is 97.5 Å². The van der Waals surface area contributed by atoms with Gasteiger partial charge < -0.3 is 33.8 Å². The lowest BCUT2D eigenvalue weighted by Gasteiger charge is -2.21. The molecule has 0 aromatic carbocycles. The van der Waals surface area contributed by atoms with Crippen molar-refractivity contribution >= 4 is 39.5 Å². The zero-order chi connectivity index (χ0) is 77.8. The summed E-state index contributed by atoms with van der Waals surface area (Å²) < 4.78 is 68.9. The number of hydrogen-bond acceptors (Lipinski definition) is 15. The summed E-state index contributed by atoms with van der Waals surface area (Å²) in [5.41, 5.74) is 0. The molecule has 0 rings (SSSR count). The largest absolute Gasteiger partial charge is 0.472 e. The van der Waals surface area contributed by atoms with Crippen molar-refractivity contribution in [2.24, 2.45) is 11.8 Å².